The van der Waals surface area contributed by atoms with Crippen molar-refractivity contribution in [2.24, 2.45) is 0 Å². The van der Waals surface area contributed by atoms with Crippen molar-refractivity contribution in [3.05, 3.63) is 0 Å². The minimum atomic E-state index is 0.261. The van der Waals surface area contributed by atoms with E-state index in [0.29, 0.717) is 6.23 Å². The molecule has 0 aromatic heterocycles. The molecular weight excluding hydrogens is 162 g/mol. The minimum Gasteiger partial charge on any atom is -0.366 e. The molecule has 0 amide bonds. The molecule has 1 heterocycles. The third-order valence-electron chi connectivity index (χ3n) is 2.33. The third-order valence-corrected chi connectivity index (χ3v) is 2.33. The van der Waals surface area contributed by atoms with Crippen LogP contribution in [0.1, 0.15) is 47.5 Å². The van der Waals surface area contributed by atoms with Crippen LogP contribution in [0.3, 0.4) is 0 Å². The van der Waals surface area contributed by atoms with Gasteiger partial charge < -0.3 is 4.74 Å². The molecule has 2 heteroatoms. The quantitative estimate of drug-likeness (QED) is 0.626. The monoisotopic (exact) mass is 187 g/mol. The zero-order valence-electron chi connectivity index (χ0n) is 10.1. The maximum Gasteiger partial charge on any atom is 0.110 e. The van der Waals surface area contributed by atoms with Crippen molar-refractivity contribution >= 4 is 0 Å². The van der Waals surface area contributed by atoms with Crippen LogP contribution in [0.4, 0.5) is 0 Å². The second-order valence-electron chi connectivity index (χ2n) is 4.20. The van der Waals surface area contributed by atoms with Gasteiger partial charge in [-0.3, -0.25) is 4.90 Å². The highest BCUT2D eigenvalue weighted by Crippen LogP contribution is 2.26. The molecule has 0 radical (unpaired) electrons. The molecule has 80 valence electrons. The number of methoxy groups -OCH3 is 1. The fourth-order valence-corrected chi connectivity index (χ4v) is 1.75. The summed E-state index contributed by atoms with van der Waals surface area (Å²) < 4.78 is 5.38. The standard InChI is InChI=1S/C9H19NO.C2H6/c1-9(2,3)10-7-5-6-8(10)11-4;1-2/h8H,5-7H2,1-4H3;1-2H3. The summed E-state index contributed by atoms with van der Waals surface area (Å²) in [5.41, 5.74) is 0.261. The van der Waals surface area contributed by atoms with Crippen LogP contribution in [0.2, 0.25) is 0 Å². The molecule has 2 nitrogen and oxygen atoms in total. The first-order valence-corrected chi connectivity index (χ1v) is 5.35. The molecular formula is C11H25NO. The number of nitrogens with zero attached hydrogens (tertiary/aromatic N) is 1. The van der Waals surface area contributed by atoms with Crippen LogP contribution in [0.5, 0.6) is 0 Å². The Hall–Kier alpha value is -0.0800. The van der Waals surface area contributed by atoms with Gasteiger partial charge in [-0.25, -0.2) is 0 Å². The first-order valence-electron chi connectivity index (χ1n) is 5.35. The van der Waals surface area contributed by atoms with Gasteiger partial charge in [0, 0.05) is 19.2 Å². The van der Waals surface area contributed by atoms with Crippen LogP contribution in [-0.4, -0.2) is 30.3 Å². The molecule has 0 aromatic carbocycles. The SMILES string of the molecule is CC.COC1CCCN1C(C)(C)C. The molecule has 1 rings (SSSR count). The van der Waals surface area contributed by atoms with E-state index < -0.39 is 0 Å². The minimum absolute atomic E-state index is 0.261. The molecule has 0 bridgehead atoms. The van der Waals surface area contributed by atoms with Crippen molar-refractivity contribution in [3.63, 3.8) is 0 Å². The van der Waals surface area contributed by atoms with Gasteiger partial charge in [-0.2, -0.15) is 0 Å². The molecule has 0 saturated carbocycles. The molecule has 13 heavy (non-hydrogen) atoms. The lowest BCUT2D eigenvalue weighted by Crippen LogP contribution is -2.45. The predicted octanol–water partition coefficient (Wildman–Crippen LogP) is 2.88. The number of hydrogen-bond acceptors (Lipinski definition) is 2. The first-order chi connectivity index (χ1) is 6.05. The normalized spacial score (nSPS) is 24.0. The van der Waals surface area contributed by atoms with E-state index in [4.69, 9.17) is 4.74 Å². The highest BCUT2D eigenvalue weighted by atomic mass is 16.5. The van der Waals surface area contributed by atoms with E-state index in [1.807, 2.05) is 13.8 Å². The Bertz CT molecular complexity index is 129. The van der Waals surface area contributed by atoms with Crippen molar-refractivity contribution in [1.82, 2.24) is 4.90 Å². The Morgan fingerprint density at radius 2 is 1.77 bits per heavy atom. The summed E-state index contributed by atoms with van der Waals surface area (Å²) in [7, 11) is 1.80. The van der Waals surface area contributed by atoms with E-state index in [2.05, 4.69) is 25.7 Å². The molecule has 0 aliphatic carbocycles. The lowest BCUT2D eigenvalue weighted by atomic mass is 10.1. The summed E-state index contributed by atoms with van der Waals surface area (Å²) in [5.74, 6) is 0. The van der Waals surface area contributed by atoms with E-state index in [9.17, 15) is 0 Å². The van der Waals surface area contributed by atoms with Gasteiger partial charge in [0.25, 0.3) is 0 Å². The number of rotatable bonds is 1. The summed E-state index contributed by atoms with van der Waals surface area (Å²) in [6.07, 6.45) is 2.82. The molecule has 1 atom stereocenters. The van der Waals surface area contributed by atoms with Crippen molar-refractivity contribution in [2.45, 2.75) is 59.2 Å². The largest absolute Gasteiger partial charge is 0.366 e. The molecule has 0 aromatic rings. The van der Waals surface area contributed by atoms with Crippen LogP contribution < -0.4 is 0 Å². The molecule has 1 aliphatic heterocycles. The topological polar surface area (TPSA) is 12.5 Å². The molecule has 1 aliphatic rings. The number of likely N-dealkylation sites (tertiary alicyclic amines) is 1. The number of ether oxygens (including phenoxy) is 1. The van der Waals surface area contributed by atoms with Gasteiger partial charge in [0.2, 0.25) is 0 Å². The van der Waals surface area contributed by atoms with E-state index in [1.165, 1.54) is 19.4 Å². The number of hydrogen-bond donors (Lipinski definition) is 0. The fourth-order valence-electron chi connectivity index (χ4n) is 1.75. The Morgan fingerprint density at radius 1 is 1.23 bits per heavy atom. The van der Waals surface area contributed by atoms with Gasteiger partial charge in [0.15, 0.2) is 0 Å². The first kappa shape index (κ1) is 12.9. The Morgan fingerprint density at radius 3 is 2.08 bits per heavy atom. The van der Waals surface area contributed by atoms with Crippen LogP contribution in [0, 0.1) is 0 Å². The van der Waals surface area contributed by atoms with Crippen molar-refractivity contribution in [2.75, 3.05) is 13.7 Å². The van der Waals surface area contributed by atoms with Gasteiger partial charge in [-0.15, -0.1) is 0 Å². The van der Waals surface area contributed by atoms with E-state index >= 15 is 0 Å². The van der Waals surface area contributed by atoms with Gasteiger partial charge in [0.1, 0.15) is 6.23 Å². The summed E-state index contributed by atoms with van der Waals surface area (Å²) in [5, 5.41) is 0. The van der Waals surface area contributed by atoms with Crippen molar-refractivity contribution in [3.8, 4) is 0 Å². The van der Waals surface area contributed by atoms with Gasteiger partial charge in [0.05, 0.1) is 0 Å². The maximum atomic E-state index is 5.38. The second-order valence-corrected chi connectivity index (χ2v) is 4.20. The maximum absolute atomic E-state index is 5.38. The summed E-state index contributed by atoms with van der Waals surface area (Å²) >= 11 is 0. The lowest BCUT2D eigenvalue weighted by molar-refractivity contribution is -0.0478. The molecule has 0 spiro atoms. The van der Waals surface area contributed by atoms with Gasteiger partial charge >= 0.3 is 0 Å². The second kappa shape index (κ2) is 5.61. The lowest BCUT2D eigenvalue weighted by Gasteiger charge is -2.35. The zero-order chi connectivity index (χ0) is 10.5. The van der Waals surface area contributed by atoms with Gasteiger partial charge in [-0.05, 0) is 33.6 Å². The highest BCUT2D eigenvalue weighted by molar-refractivity contribution is 4.83. The average molecular weight is 187 g/mol. The Balaban J connectivity index is 0.000000671. The predicted molar refractivity (Wildman–Crippen MR) is 57.8 cm³/mol. The third kappa shape index (κ3) is 3.65. The molecule has 1 unspecified atom stereocenters. The van der Waals surface area contributed by atoms with Crippen LogP contribution >= 0.6 is 0 Å². The zero-order valence-corrected chi connectivity index (χ0v) is 10.1. The van der Waals surface area contributed by atoms with Crippen molar-refractivity contribution in [1.29, 1.82) is 0 Å². The van der Waals surface area contributed by atoms with Crippen LogP contribution in [0.15, 0.2) is 0 Å². The van der Waals surface area contributed by atoms with Crippen LogP contribution in [0.25, 0.3) is 0 Å². The average Bonchev–Trinajstić information content (AvgIpc) is 2.54. The molecule has 0 N–H and O–H groups in total. The fraction of sp³-hybridized carbons (Fsp3) is 1.00. The van der Waals surface area contributed by atoms with E-state index in [1.54, 1.807) is 7.11 Å². The summed E-state index contributed by atoms with van der Waals surface area (Å²) in [6.45, 7) is 11.9. The Kier molecular flexibility index (Phi) is 5.57. The summed E-state index contributed by atoms with van der Waals surface area (Å²) in [6, 6.07) is 0. The smallest absolute Gasteiger partial charge is 0.110 e. The van der Waals surface area contributed by atoms with E-state index in [-0.39, 0.29) is 5.54 Å². The van der Waals surface area contributed by atoms with E-state index in [0.717, 1.165) is 0 Å². The van der Waals surface area contributed by atoms with Gasteiger partial charge in [-0.1, -0.05) is 13.8 Å². The van der Waals surface area contributed by atoms with Crippen LogP contribution in [-0.2, 0) is 4.74 Å². The highest BCUT2D eigenvalue weighted by Gasteiger charge is 2.32. The molecule has 1 fully saturated rings. The Labute approximate surface area is 83.3 Å². The summed E-state index contributed by atoms with van der Waals surface area (Å²) in [4.78, 5) is 2.42. The van der Waals surface area contributed by atoms with Crippen molar-refractivity contribution < 1.29 is 4.74 Å². The molecule has 1 saturated heterocycles.